The van der Waals surface area contributed by atoms with E-state index in [1.165, 1.54) is 25.9 Å². The molecule has 146 valence electrons. The maximum absolute atomic E-state index is 12.0. The summed E-state index contributed by atoms with van der Waals surface area (Å²) in [5, 5.41) is 2.24. The van der Waals surface area contributed by atoms with Crippen LogP contribution in [-0.4, -0.2) is 56.9 Å². The molecule has 1 saturated heterocycles. The molecule has 0 unspecified atom stereocenters. The van der Waals surface area contributed by atoms with E-state index in [4.69, 9.17) is 9.47 Å². The van der Waals surface area contributed by atoms with Crippen molar-refractivity contribution in [3.05, 3.63) is 23.8 Å². The minimum Gasteiger partial charge on any atom is -0.486 e. The van der Waals surface area contributed by atoms with E-state index < -0.39 is 18.5 Å². The number of likely N-dealkylation sites (tertiary alicyclic amines) is 1. The fourth-order valence-electron chi connectivity index (χ4n) is 2.71. The SMILES string of the molecule is CN1CCCC1.O=C(CC(F)(F)F)NCCc1ccc2c(c1)OCCO2. The second kappa shape index (κ2) is 9.66. The predicted molar refractivity (Wildman–Crippen MR) is 91.5 cm³/mol. The molecule has 0 aromatic heterocycles. The smallest absolute Gasteiger partial charge is 0.397 e. The van der Waals surface area contributed by atoms with Gasteiger partial charge in [0.05, 0.1) is 0 Å². The van der Waals surface area contributed by atoms with Gasteiger partial charge in [0.1, 0.15) is 19.6 Å². The first-order chi connectivity index (χ1) is 12.3. The van der Waals surface area contributed by atoms with Gasteiger partial charge >= 0.3 is 6.18 Å². The predicted octanol–water partition coefficient (Wildman–Crippen LogP) is 2.78. The van der Waals surface area contributed by atoms with Crippen molar-refractivity contribution in [1.29, 1.82) is 0 Å². The molecule has 0 atom stereocenters. The minimum atomic E-state index is -4.47. The van der Waals surface area contributed by atoms with Crippen LogP contribution in [0.5, 0.6) is 11.5 Å². The molecule has 0 saturated carbocycles. The van der Waals surface area contributed by atoms with Gasteiger partial charge in [-0.2, -0.15) is 13.2 Å². The fourth-order valence-corrected chi connectivity index (χ4v) is 2.71. The molecule has 0 aliphatic carbocycles. The molecule has 2 aliphatic heterocycles. The minimum absolute atomic E-state index is 0.147. The lowest BCUT2D eigenvalue weighted by Gasteiger charge is -2.18. The van der Waals surface area contributed by atoms with Crippen LogP contribution in [0.1, 0.15) is 24.8 Å². The second-order valence-electron chi connectivity index (χ2n) is 6.38. The standard InChI is InChI=1S/C13H14F3NO3.C5H11N/c14-13(15,16)8-12(18)17-4-3-9-1-2-10-11(7-9)20-6-5-19-10;1-6-4-2-3-5-6/h1-2,7H,3-6,8H2,(H,17,18);2-5H2,1H3. The molecule has 26 heavy (non-hydrogen) atoms. The monoisotopic (exact) mass is 374 g/mol. The van der Waals surface area contributed by atoms with Crippen LogP contribution in [0.4, 0.5) is 13.2 Å². The van der Waals surface area contributed by atoms with E-state index in [0.29, 0.717) is 31.1 Å². The number of amides is 1. The molecule has 3 rings (SSSR count). The molecule has 2 aliphatic rings. The maximum Gasteiger partial charge on any atom is 0.397 e. The number of hydrogen-bond acceptors (Lipinski definition) is 4. The van der Waals surface area contributed by atoms with Crippen LogP contribution in [0, 0.1) is 0 Å². The van der Waals surface area contributed by atoms with Crippen molar-refractivity contribution < 1.29 is 27.4 Å². The molecule has 1 amide bonds. The molecule has 1 fully saturated rings. The van der Waals surface area contributed by atoms with Gasteiger partial charge in [0.25, 0.3) is 0 Å². The third kappa shape index (κ3) is 7.51. The number of halogens is 3. The Labute approximate surface area is 151 Å². The van der Waals surface area contributed by atoms with E-state index in [0.717, 1.165) is 5.56 Å². The molecule has 0 bridgehead atoms. The molecule has 0 spiro atoms. The Hall–Kier alpha value is -1.96. The van der Waals surface area contributed by atoms with E-state index in [2.05, 4.69) is 17.3 Å². The number of nitrogens with zero attached hydrogens (tertiary/aromatic N) is 1. The lowest BCUT2D eigenvalue weighted by Crippen LogP contribution is -2.30. The van der Waals surface area contributed by atoms with Crippen LogP contribution in [0.2, 0.25) is 0 Å². The van der Waals surface area contributed by atoms with Crippen molar-refractivity contribution in [1.82, 2.24) is 10.2 Å². The molecule has 0 radical (unpaired) electrons. The van der Waals surface area contributed by atoms with Gasteiger partial charge in [-0.1, -0.05) is 6.07 Å². The Morgan fingerprint density at radius 1 is 1.15 bits per heavy atom. The number of alkyl halides is 3. The highest BCUT2D eigenvalue weighted by Gasteiger charge is 2.30. The normalized spacial score (nSPS) is 16.6. The Morgan fingerprint density at radius 2 is 1.81 bits per heavy atom. The molecule has 1 aromatic rings. The number of carbonyl (C=O) groups is 1. The highest BCUT2D eigenvalue weighted by atomic mass is 19.4. The van der Waals surface area contributed by atoms with E-state index in [1.807, 2.05) is 0 Å². The molecular formula is C18H25F3N2O3. The molecule has 2 heterocycles. The summed E-state index contributed by atoms with van der Waals surface area (Å²) in [4.78, 5) is 13.4. The summed E-state index contributed by atoms with van der Waals surface area (Å²) in [6.07, 6.45) is -2.66. The number of ether oxygens (including phenoxy) is 2. The first-order valence-corrected chi connectivity index (χ1v) is 8.74. The van der Waals surface area contributed by atoms with Gasteiger partial charge < -0.3 is 19.7 Å². The van der Waals surface area contributed by atoms with Crippen LogP contribution >= 0.6 is 0 Å². The Balaban J connectivity index is 0.000000342. The Kier molecular flexibility index (Phi) is 7.56. The maximum atomic E-state index is 12.0. The number of rotatable bonds is 4. The van der Waals surface area contributed by atoms with Gasteiger partial charge in [-0.3, -0.25) is 4.79 Å². The lowest BCUT2D eigenvalue weighted by molar-refractivity contribution is -0.153. The Bertz CT molecular complexity index is 588. The van der Waals surface area contributed by atoms with Crippen LogP contribution in [-0.2, 0) is 11.2 Å². The summed E-state index contributed by atoms with van der Waals surface area (Å²) in [6, 6.07) is 5.31. The summed E-state index contributed by atoms with van der Waals surface area (Å²) in [6.45, 7) is 3.76. The van der Waals surface area contributed by atoms with Gasteiger partial charge in [-0.15, -0.1) is 0 Å². The molecule has 8 heteroatoms. The van der Waals surface area contributed by atoms with Crippen molar-refractivity contribution in [2.75, 3.05) is 39.9 Å². The second-order valence-corrected chi connectivity index (χ2v) is 6.38. The van der Waals surface area contributed by atoms with Crippen molar-refractivity contribution in [2.24, 2.45) is 0 Å². The van der Waals surface area contributed by atoms with E-state index in [9.17, 15) is 18.0 Å². The zero-order chi connectivity index (χ0) is 19.0. The molecule has 1 aromatic carbocycles. The highest BCUT2D eigenvalue weighted by Crippen LogP contribution is 2.30. The first kappa shape index (κ1) is 20.4. The van der Waals surface area contributed by atoms with E-state index >= 15 is 0 Å². The summed E-state index contributed by atoms with van der Waals surface area (Å²) in [5.41, 5.74) is 0.863. The quantitative estimate of drug-likeness (QED) is 0.881. The largest absolute Gasteiger partial charge is 0.486 e. The number of fused-ring (bicyclic) bond motifs is 1. The Morgan fingerprint density at radius 3 is 2.38 bits per heavy atom. The van der Waals surface area contributed by atoms with Crippen LogP contribution < -0.4 is 14.8 Å². The lowest BCUT2D eigenvalue weighted by atomic mass is 10.1. The van der Waals surface area contributed by atoms with Crippen LogP contribution in [0.15, 0.2) is 18.2 Å². The van der Waals surface area contributed by atoms with Crippen LogP contribution in [0.25, 0.3) is 0 Å². The average Bonchev–Trinajstić information content (AvgIpc) is 3.05. The van der Waals surface area contributed by atoms with Crippen molar-refractivity contribution in [3.63, 3.8) is 0 Å². The fraction of sp³-hybridized carbons (Fsp3) is 0.611. The van der Waals surface area contributed by atoms with Gasteiger partial charge in [-0.25, -0.2) is 0 Å². The molecule has 5 nitrogen and oxygen atoms in total. The average molecular weight is 374 g/mol. The highest BCUT2D eigenvalue weighted by molar-refractivity contribution is 5.76. The number of nitrogens with one attached hydrogen (secondary N) is 1. The number of hydrogen-bond donors (Lipinski definition) is 1. The zero-order valence-corrected chi connectivity index (χ0v) is 14.9. The van der Waals surface area contributed by atoms with Crippen molar-refractivity contribution in [2.45, 2.75) is 31.9 Å². The van der Waals surface area contributed by atoms with Gasteiger partial charge in [0.15, 0.2) is 11.5 Å². The molecular weight excluding hydrogens is 349 g/mol. The van der Waals surface area contributed by atoms with Crippen molar-refractivity contribution >= 4 is 5.91 Å². The number of carbonyl (C=O) groups excluding carboxylic acids is 1. The van der Waals surface area contributed by atoms with E-state index in [-0.39, 0.29) is 6.54 Å². The topological polar surface area (TPSA) is 50.8 Å². The van der Waals surface area contributed by atoms with E-state index in [1.54, 1.807) is 18.2 Å². The van der Waals surface area contributed by atoms with Crippen molar-refractivity contribution in [3.8, 4) is 11.5 Å². The summed E-state index contributed by atoms with van der Waals surface area (Å²) < 4.78 is 46.6. The first-order valence-electron chi connectivity index (χ1n) is 8.74. The summed E-state index contributed by atoms with van der Waals surface area (Å²) in [5.74, 6) is 0.256. The van der Waals surface area contributed by atoms with Gasteiger partial charge in [-0.05, 0) is 57.1 Å². The summed E-state index contributed by atoms with van der Waals surface area (Å²) >= 11 is 0. The zero-order valence-electron chi connectivity index (χ0n) is 14.9. The third-order valence-corrected chi connectivity index (χ3v) is 4.03. The van der Waals surface area contributed by atoms with Gasteiger partial charge in [0, 0.05) is 6.54 Å². The summed E-state index contributed by atoms with van der Waals surface area (Å²) in [7, 11) is 2.17. The molecule has 1 N–H and O–H groups in total. The van der Waals surface area contributed by atoms with Gasteiger partial charge in [0.2, 0.25) is 5.91 Å². The number of benzene rings is 1. The van der Waals surface area contributed by atoms with Crippen LogP contribution in [0.3, 0.4) is 0 Å². The third-order valence-electron chi connectivity index (χ3n) is 4.03.